The summed E-state index contributed by atoms with van der Waals surface area (Å²) in [4.78, 5) is 13.4. The number of anilines is 1. The Kier molecular flexibility index (Phi) is 3.61. The van der Waals surface area contributed by atoms with Gasteiger partial charge in [-0.05, 0) is 24.3 Å². The van der Waals surface area contributed by atoms with E-state index < -0.39 is 6.61 Å². The molecule has 0 aliphatic carbocycles. The molecule has 1 fully saturated rings. The lowest BCUT2D eigenvalue weighted by Crippen LogP contribution is -2.24. The Labute approximate surface area is 105 Å². The molecule has 1 aliphatic rings. The zero-order chi connectivity index (χ0) is 12.4. The third-order valence-electron chi connectivity index (χ3n) is 2.45. The number of benzene rings is 1. The number of ether oxygens (including phenoxy) is 1. The molecule has 0 bridgehead atoms. The molecule has 1 atom stereocenters. The lowest BCUT2D eigenvalue weighted by atomic mass is 10.3. The number of nitrogens with zero attached hydrogens (tertiary/aromatic N) is 1. The summed E-state index contributed by atoms with van der Waals surface area (Å²) in [6.45, 7) is -2.24. The predicted octanol–water partition coefficient (Wildman–Crippen LogP) is 2.79. The van der Waals surface area contributed by atoms with Crippen molar-refractivity contribution < 1.29 is 18.3 Å². The number of rotatable bonds is 3. The number of amides is 1. The molecule has 1 aromatic carbocycles. The van der Waals surface area contributed by atoms with Gasteiger partial charge in [0.25, 0.3) is 0 Å². The van der Waals surface area contributed by atoms with Crippen molar-refractivity contribution >= 4 is 27.5 Å². The smallest absolute Gasteiger partial charge is 0.387 e. The zero-order valence-electron chi connectivity index (χ0n) is 8.78. The highest BCUT2D eigenvalue weighted by atomic mass is 79.9. The molecule has 0 N–H and O–H groups in total. The fraction of sp³-hybridized carbons (Fsp3) is 0.364. The van der Waals surface area contributed by atoms with E-state index in [0.717, 1.165) is 0 Å². The Bertz CT molecular complexity index is 410. The summed E-state index contributed by atoms with van der Waals surface area (Å²) in [5.41, 5.74) is 0.693. The molecule has 6 heteroatoms. The van der Waals surface area contributed by atoms with Gasteiger partial charge in [-0.25, -0.2) is 0 Å². The average molecular weight is 306 g/mol. The van der Waals surface area contributed by atoms with E-state index in [-0.39, 0.29) is 16.5 Å². The van der Waals surface area contributed by atoms with Gasteiger partial charge < -0.3 is 9.64 Å². The van der Waals surface area contributed by atoms with Crippen molar-refractivity contribution in [3.63, 3.8) is 0 Å². The monoisotopic (exact) mass is 305 g/mol. The predicted molar refractivity (Wildman–Crippen MR) is 62.8 cm³/mol. The Hall–Kier alpha value is -1.17. The van der Waals surface area contributed by atoms with Gasteiger partial charge in [0.05, 0.1) is 0 Å². The summed E-state index contributed by atoms with van der Waals surface area (Å²) in [7, 11) is 0. The van der Waals surface area contributed by atoms with E-state index in [1.54, 1.807) is 17.0 Å². The van der Waals surface area contributed by atoms with Gasteiger partial charge in [0.15, 0.2) is 0 Å². The van der Waals surface area contributed by atoms with E-state index in [9.17, 15) is 13.6 Å². The molecule has 0 saturated carbocycles. The van der Waals surface area contributed by atoms with Crippen LogP contribution in [-0.2, 0) is 4.79 Å². The number of carbonyl (C=O) groups is 1. The summed E-state index contributed by atoms with van der Waals surface area (Å²) in [6, 6.07) is 6.05. The lowest BCUT2D eigenvalue weighted by Gasteiger charge is -2.16. The normalized spacial score (nSPS) is 20.1. The molecule has 2 rings (SSSR count). The summed E-state index contributed by atoms with van der Waals surface area (Å²) in [6.07, 6.45) is 0.454. The summed E-state index contributed by atoms with van der Waals surface area (Å²) >= 11 is 3.38. The highest BCUT2D eigenvalue weighted by Crippen LogP contribution is 2.27. The van der Waals surface area contributed by atoms with E-state index in [1.165, 1.54) is 12.1 Å². The van der Waals surface area contributed by atoms with Crippen LogP contribution in [0.4, 0.5) is 14.5 Å². The van der Waals surface area contributed by atoms with Crippen LogP contribution < -0.4 is 9.64 Å². The van der Waals surface area contributed by atoms with Crippen molar-refractivity contribution in [2.75, 3.05) is 11.4 Å². The number of hydrogen-bond donors (Lipinski definition) is 0. The van der Waals surface area contributed by atoms with Crippen LogP contribution >= 0.6 is 15.9 Å². The molecule has 17 heavy (non-hydrogen) atoms. The molecule has 1 amide bonds. The van der Waals surface area contributed by atoms with Crippen LogP contribution in [-0.4, -0.2) is 23.9 Å². The van der Waals surface area contributed by atoms with E-state index in [1.807, 2.05) is 0 Å². The highest BCUT2D eigenvalue weighted by molar-refractivity contribution is 9.09. The van der Waals surface area contributed by atoms with Gasteiger partial charge in [-0.1, -0.05) is 15.9 Å². The third kappa shape index (κ3) is 2.94. The molecule has 0 radical (unpaired) electrons. The fourth-order valence-electron chi connectivity index (χ4n) is 1.72. The van der Waals surface area contributed by atoms with Gasteiger partial charge in [0.1, 0.15) is 5.75 Å². The number of hydrogen-bond acceptors (Lipinski definition) is 2. The molecular formula is C11H10BrF2NO2. The van der Waals surface area contributed by atoms with Crippen LogP contribution in [0.25, 0.3) is 0 Å². The second-order valence-corrected chi connectivity index (χ2v) is 4.97. The van der Waals surface area contributed by atoms with Crippen molar-refractivity contribution in [3.8, 4) is 5.75 Å². The van der Waals surface area contributed by atoms with Crippen LogP contribution in [0.2, 0.25) is 0 Å². The van der Waals surface area contributed by atoms with Crippen LogP contribution in [0.5, 0.6) is 5.75 Å². The van der Waals surface area contributed by atoms with Crippen LogP contribution in [0.3, 0.4) is 0 Å². The molecule has 1 unspecified atom stereocenters. The number of carbonyl (C=O) groups excluding carboxylic acids is 1. The van der Waals surface area contributed by atoms with Crippen LogP contribution in [0, 0.1) is 0 Å². The van der Waals surface area contributed by atoms with Crippen LogP contribution in [0.1, 0.15) is 6.42 Å². The molecule has 1 aliphatic heterocycles. The van der Waals surface area contributed by atoms with Gasteiger partial charge in [-0.2, -0.15) is 8.78 Å². The first-order valence-corrected chi connectivity index (χ1v) is 5.97. The standard InChI is InChI=1S/C11H10BrF2NO2/c12-7-5-10(16)15(6-7)8-1-3-9(4-2-8)17-11(13)14/h1-4,7,11H,5-6H2. The molecule has 0 aromatic heterocycles. The molecular weight excluding hydrogens is 296 g/mol. The van der Waals surface area contributed by atoms with Crippen molar-refractivity contribution in [2.24, 2.45) is 0 Å². The van der Waals surface area contributed by atoms with Gasteiger partial charge in [0.2, 0.25) is 5.91 Å². The minimum atomic E-state index is -2.83. The lowest BCUT2D eigenvalue weighted by molar-refractivity contribution is -0.117. The maximum atomic E-state index is 11.9. The Morgan fingerprint density at radius 3 is 2.47 bits per heavy atom. The van der Waals surface area contributed by atoms with Crippen molar-refractivity contribution in [1.29, 1.82) is 0 Å². The maximum Gasteiger partial charge on any atom is 0.387 e. The second-order valence-electron chi connectivity index (χ2n) is 3.68. The third-order valence-corrected chi connectivity index (χ3v) is 3.06. The minimum absolute atomic E-state index is 0.0226. The molecule has 1 saturated heterocycles. The van der Waals surface area contributed by atoms with Crippen molar-refractivity contribution in [2.45, 2.75) is 17.9 Å². The molecule has 3 nitrogen and oxygen atoms in total. The van der Waals surface area contributed by atoms with Gasteiger partial charge in [-0.15, -0.1) is 0 Å². The maximum absolute atomic E-state index is 11.9. The Balaban J connectivity index is 2.10. The van der Waals surface area contributed by atoms with Gasteiger partial charge in [0, 0.05) is 23.5 Å². The zero-order valence-corrected chi connectivity index (χ0v) is 10.4. The SMILES string of the molecule is O=C1CC(Br)CN1c1ccc(OC(F)F)cc1. The number of alkyl halides is 3. The topological polar surface area (TPSA) is 29.5 Å². The van der Waals surface area contributed by atoms with Crippen LogP contribution in [0.15, 0.2) is 24.3 Å². The van der Waals surface area contributed by atoms with E-state index in [4.69, 9.17) is 0 Å². The summed E-state index contributed by atoms with van der Waals surface area (Å²) in [5.74, 6) is 0.111. The largest absolute Gasteiger partial charge is 0.435 e. The molecule has 0 spiro atoms. The minimum Gasteiger partial charge on any atom is -0.435 e. The number of halogens is 3. The summed E-state index contributed by atoms with van der Waals surface area (Å²) in [5, 5.41) is 0. The van der Waals surface area contributed by atoms with Gasteiger partial charge in [-0.3, -0.25) is 4.79 Å². The first-order chi connectivity index (χ1) is 8.06. The fourth-order valence-corrected chi connectivity index (χ4v) is 2.29. The Morgan fingerprint density at radius 2 is 2.00 bits per heavy atom. The molecule has 1 heterocycles. The van der Waals surface area contributed by atoms with Gasteiger partial charge >= 0.3 is 6.61 Å². The second kappa shape index (κ2) is 5.00. The quantitative estimate of drug-likeness (QED) is 0.804. The molecule has 1 aromatic rings. The highest BCUT2D eigenvalue weighted by Gasteiger charge is 2.28. The average Bonchev–Trinajstić information content (AvgIpc) is 2.58. The van der Waals surface area contributed by atoms with Crippen molar-refractivity contribution in [3.05, 3.63) is 24.3 Å². The Morgan fingerprint density at radius 1 is 1.35 bits per heavy atom. The van der Waals surface area contributed by atoms with E-state index in [0.29, 0.717) is 18.7 Å². The van der Waals surface area contributed by atoms with E-state index in [2.05, 4.69) is 20.7 Å². The first-order valence-electron chi connectivity index (χ1n) is 5.05. The van der Waals surface area contributed by atoms with E-state index >= 15 is 0 Å². The first kappa shape index (κ1) is 12.3. The van der Waals surface area contributed by atoms with Crippen molar-refractivity contribution in [1.82, 2.24) is 0 Å². The summed E-state index contributed by atoms with van der Waals surface area (Å²) < 4.78 is 28.1. The molecule has 92 valence electrons.